The van der Waals surface area contributed by atoms with Crippen molar-refractivity contribution in [2.45, 2.75) is 19.4 Å². The normalized spacial score (nSPS) is 12.9. The number of hydrogen-bond donors (Lipinski definition) is 2. The Morgan fingerprint density at radius 3 is 2.60 bits per heavy atom. The van der Waals surface area contributed by atoms with Crippen LogP contribution in [0.5, 0.6) is 0 Å². The molecule has 1 unspecified atom stereocenters. The largest absolute Gasteiger partial charge is 0.388 e. The molecule has 84 valence electrons. The summed E-state index contributed by atoms with van der Waals surface area (Å²) in [5, 5.41) is 9.32. The van der Waals surface area contributed by atoms with Crippen LogP contribution < -0.4 is 5.73 Å². The number of aliphatic hydroxyl groups is 1. The van der Waals surface area contributed by atoms with Crippen molar-refractivity contribution < 1.29 is 13.9 Å². The van der Waals surface area contributed by atoms with Gasteiger partial charge in [0.05, 0.1) is 16.7 Å². The number of benzene rings is 1. The van der Waals surface area contributed by atoms with Crippen LogP contribution >= 0.6 is 11.6 Å². The zero-order valence-electron chi connectivity index (χ0n) is 8.23. The summed E-state index contributed by atoms with van der Waals surface area (Å²) in [6.07, 6.45) is -1.17. The van der Waals surface area contributed by atoms with Crippen molar-refractivity contribution >= 4 is 11.6 Å². The predicted molar refractivity (Wildman–Crippen MR) is 54.7 cm³/mol. The maximum atomic E-state index is 13.5. The van der Waals surface area contributed by atoms with Gasteiger partial charge in [-0.2, -0.15) is 0 Å². The lowest BCUT2D eigenvalue weighted by Crippen LogP contribution is -2.11. The summed E-state index contributed by atoms with van der Waals surface area (Å²) in [6, 6.07) is 1.19. The summed E-state index contributed by atoms with van der Waals surface area (Å²) >= 11 is 5.55. The second-order valence-corrected chi connectivity index (χ2v) is 3.72. The molecule has 0 bridgehead atoms. The molecule has 1 rings (SSSR count). The van der Waals surface area contributed by atoms with E-state index in [4.69, 9.17) is 17.3 Å². The smallest absolute Gasteiger partial charge is 0.150 e. The summed E-state index contributed by atoms with van der Waals surface area (Å²) in [7, 11) is 0. The highest BCUT2D eigenvalue weighted by atomic mass is 35.5. The van der Waals surface area contributed by atoms with Crippen LogP contribution in [-0.2, 0) is 0 Å². The molecule has 1 aromatic carbocycles. The maximum Gasteiger partial charge on any atom is 0.150 e. The molecule has 2 nitrogen and oxygen atoms in total. The number of rotatable bonds is 3. The molecule has 0 aliphatic carbocycles. The molecule has 0 aromatic heterocycles. The standard InChI is InChI=1S/C10H12ClF2NO/c1-5-4-6(11)10(13)8(9(5)12)7(15)2-3-14/h4,7,15H,2-3,14H2,1H3. The number of aliphatic hydroxyl groups excluding tert-OH is 1. The fraction of sp³-hybridized carbons (Fsp3) is 0.400. The number of hydrogen-bond acceptors (Lipinski definition) is 2. The van der Waals surface area contributed by atoms with Crippen LogP contribution in [-0.4, -0.2) is 11.7 Å². The lowest BCUT2D eigenvalue weighted by atomic mass is 10.0. The van der Waals surface area contributed by atoms with Gasteiger partial charge >= 0.3 is 0 Å². The Labute approximate surface area is 91.7 Å². The van der Waals surface area contributed by atoms with Gasteiger partial charge in [0.15, 0.2) is 5.82 Å². The van der Waals surface area contributed by atoms with Crippen molar-refractivity contribution in [3.63, 3.8) is 0 Å². The van der Waals surface area contributed by atoms with E-state index >= 15 is 0 Å². The molecule has 1 aromatic rings. The van der Waals surface area contributed by atoms with Gasteiger partial charge in [-0.05, 0) is 31.5 Å². The van der Waals surface area contributed by atoms with Crippen molar-refractivity contribution in [2.24, 2.45) is 5.73 Å². The van der Waals surface area contributed by atoms with Crippen LogP contribution in [0.2, 0.25) is 5.02 Å². The lowest BCUT2D eigenvalue weighted by Gasteiger charge is -2.14. The van der Waals surface area contributed by atoms with Crippen LogP contribution in [0.15, 0.2) is 6.07 Å². The lowest BCUT2D eigenvalue weighted by molar-refractivity contribution is 0.160. The van der Waals surface area contributed by atoms with Crippen molar-refractivity contribution in [1.29, 1.82) is 0 Å². The minimum atomic E-state index is -1.26. The molecule has 5 heteroatoms. The molecule has 15 heavy (non-hydrogen) atoms. The number of halogens is 3. The van der Waals surface area contributed by atoms with E-state index in [1.54, 1.807) is 0 Å². The van der Waals surface area contributed by atoms with Gasteiger partial charge in [-0.15, -0.1) is 0 Å². The zero-order valence-corrected chi connectivity index (χ0v) is 8.98. The quantitative estimate of drug-likeness (QED) is 0.790. The second-order valence-electron chi connectivity index (χ2n) is 3.31. The molecule has 0 aliphatic heterocycles. The molecule has 0 aliphatic rings. The van der Waals surface area contributed by atoms with Crippen molar-refractivity contribution in [3.05, 3.63) is 33.9 Å². The molecule has 0 saturated carbocycles. The monoisotopic (exact) mass is 235 g/mol. The molecule has 3 N–H and O–H groups in total. The summed E-state index contributed by atoms with van der Waals surface area (Å²) in [6.45, 7) is 1.60. The first-order valence-corrected chi connectivity index (χ1v) is 4.89. The minimum absolute atomic E-state index is 0.0909. The van der Waals surface area contributed by atoms with Crippen molar-refractivity contribution in [1.82, 2.24) is 0 Å². The molecule has 0 saturated heterocycles. The number of aryl methyl sites for hydroxylation is 1. The number of nitrogens with two attached hydrogens (primary N) is 1. The van der Waals surface area contributed by atoms with Gasteiger partial charge in [-0.1, -0.05) is 11.6 Å². The highest BCUT2D eigenvalue weighted by Gasteiger charge is 2.21. The van der Waals surface area contributed by atoms with Crippen molar-refractivity contribution in [3.8, 4) is 0 Å². The molecule has 0 fully saturated rings. The maximum absolute atomic E-state index is 13.5. The Hall–Kier alpha value is -0.710. The van der Waals surface area contributed by atoms with E-state index in [-0.39, 0.29) is 23.6 Å². The summed E-state index contributed by atoms with van der Waals surface area (Å²) in [4.78, 5) is 0. The van der Waals surface area contributed by atoms with Crippen LogP contribution in [0, 0.1) is 18.6 Å². The van der Waals surface area contributed by atoms with E-state index < -0.39 is 23.3 Å². The van der Waals surface area contributed by atoms with Gasteiger partial charge < -0.3 is 10.8 Å². The second kappa shape index (κ2) is 4.88. The minimum Gasteiger partial charge on any atom is -0.388 e. The summed E-state index contributed by atoms with van der Waals surface area (Å²) in [5.74, 6) is -1.68. The Balaban J connectivity index is 3.26. The topological polar surface area (TPSA) is 46.2 Å². The van der Waals surface area contributed by atoms with E-state index in [9.17, 15) is 13.9 Å². The average molecular weight is 236 g/mol. The highest BCUT2D eigenvalue weighted by molar-refractivity contribution is 6.30. The van der Waals surface area contributed by atoms with Gasteiger partial charge in [0, 0.05) is 0 Å². The van der Waals surface area contributed by atoms with E-state index in [0.717, 1.165) is 0 Å². The molecule has 0 heterocycles. The first-order chi connectivity index (χ1) is 6.99. The van der Waals surface area contributed by atoms with E-state index in [1.807, 2.05) is 0 Å². The van der Waals surface area contributed by atoms with Crippen LogP contribution in [0.3, 0.4) is 0 Å². The third kappa shape index (κ3) is 2.45. The Kier molecular flexibility index (Phi) is 4.02. The van der Waals surface area contributed by atoms with Crippen molar-refractivity contribution in [2.75, 3.05) is 6.54 Å². The molecule has 1 atom stereocenters. The van der Waals surface area contributed by atoms with Crippen LogP contribution in [0.4, 0.5) is 8.78 Å². The molecule has 0 amide bonds. The molecular formula is C10H12ClF2NO. The molecule has 0 radical (unpaired) electrons. The Morgan fingerprint density at radius 2 is 2.07 bits per heavy atom. The van der Waals surface area contributed by atoms with Gasteiger partial charge in [0.25, 0.3) is 0 Å². The van der Waals surface area contributed by atoms with Gasteiger partial charge in [-0.25, -0.2) is 8.78 Å². The van der Waals surface area contributed by atoms with E-state index in [0.29, 0.717) is 0 Å². The van der Waals surface area contributed by atoms with Crippen LogP contribution in [0.1, 0.15) is 23.7 Å². The SMILES string of the molecule is Cc1cc(Cl)c(F)c(C(O)CCN)c1F. The molecular weight excluding hydrogens is 224 g/mol. The molecule has 0 spiro atoms. The van der Waals surface area contributed by atoms with E-state index in [1.165, 1.54) is 13.0 Å². The predicted octanol–water partition coefficient (Wildman–Crippen LogP) is 2.31. The third-order valence-corrected chi connectivity index (χ3v) is 2.42. The Morgan fingerprint density at radius 1 is 1.47 bits per heavy atom. The fourth-order valence-corrected chi connectivity index (χ4v) is 1.61. The van der Waals surface area contributed by atoms with Crippen LogP contribution in [0.25, 0.3) is 0 Å². The van der Waals surface area contributed by atoms with Gasteiger partial charge in [-0.3, -0.25) is 0 Å². The van der Waals surface area contributed by atoms with Gasteiger partial charge in [0.1, 0.15) is 5.82 Å². The fourth-order valence-electron chi connectivity index (χ4n) is 1.35. The van der Waals surface area contributed by atoms with E-state index in [2.05, 4.69) is 0 Å². The third-order valence-electron chi connectivity index (χ3n) is 2.15. The average Bonchev–Trinajstić information content (AvgIpc) is 2.16. The highest BCUT2D eigenvalue weighted by Crippen LogP contribution is 2.30. The first kappa shape index (κ1) is 12.4. The Bertz CT molecular complexity index is 345. The van der Waals surface area contributed by atoms with Gasteiger partial charge in [0.2, 0.25) is 0 Å². The first-order valence-electron chi connectivity index (χ1n) is 4.51. The summed E-state index contributed by atoms with van der Waals surface area (Å²) in [5.41, 5.74) is 5.01. The zero-order chi connectivity index (χ0) is 11.6. The summed E-state index contributed by atoms with van der Waals surface area (Å²) < 4.78 is 27.0.